The maximum Gasteiger partial charge on any atom is 0.408 e. The zero-order valence-electron chi connectivity index (χ0n) is 21.0. The predicted molar refractivity (Wildman–Crippen MR) is 123 cm³/mol. The fourth-order valence-electron chi connectivity index (χ4n) is 4.66. The van der Waals surface area contributed by atoms with Crippen LogP contribution in [0.4, 0.5) is 4.79 Å². The van der Waals surface area contributed by atoms with Gasteiger partial charge >= 0.3 is 6.09 Å². The number of hydrogen-bond acceptors (Lipinski definition) is 7. The van der Waals surface area contributed by atoms with Crippen LogP contribution in [0.25, 0.3) is 0 Å². The smallest absolute Gasteiger partial charge is 0.408 e. The predicted octanol–water partition coefficient (Wildman–Crippen LogP) is 1.53. The van der Waals surface area contributed by atoms with Crippen molar-refractivity contribution in [3.8, 4) is 0 Å². The van der Waals surface area contributed by atoms with E-state index in [-0.39, 0.29) is 17.9 Å². The molecule has 0 radical (unpaired) electrons. The van der Waals surface area contributed by atoms with Gasteiger partial charge in [0.15, 0.2) is 0 Å². The SMILES string of the molecule is CCOC(C)(C)C(NC(=O)OC(C)(C)C)C(=O)N1CCC(N2CN3CN(C)C=C3C2=O)CC1. The van der Waals surface area contributed by atoms with Gasteiger partial charge in [0, 0.05) is 39.0 Å². The lowest BCUT2D eigenvalue weighted by molar-refractivity contribution is -0.144. The standard InChI is InChI=1S/C23H39N5O5/c1-8-32-23(5,6)18(24-21(31)33-22(2,3)4)20(30)26-11-9-16(10-12-26)28-15-27-14-25(7)13-17(27)19(28)29/h13,16,18H,8-12,14-15H2,1-7H3,(H,24,31). The van der Waals surface area contributed by atoms with E-state index in [4.69, 9.17) is 9.47 Å². The number of likely N-dealkylation sites (tertiary alicyclic amines) is 1. The van der Waals surface area contributed by atoms with Crippen molar-refractivity contribution in [3.05, 3.63) is 11.9 Å². The second kappa shape index (κ2) is 9.40. The molecule has 3 heterocycles. The molecule has 2 fully saturated rings. The Labute approximate surface area is 196 Å². The second-order valence-electron chi connectivity index (χ2n) is 10.5. The van der Waals surface area contributed by atoms with Crippen LogP contribution in [0, 0.1) is 0 Å². The van der Waals surface area contributed by atoms with Crippen LogP contribution >= 0.6 is 0 Å². The Hall–Kier alpha value is -2.49. The van der Waals surface area contributed by atoms with E-state index in [2.05, 4.69) is 10.2 Å². The number of piperidine rings is 1. The summed E-state index contributed by atoms with van der Waals surface area (Å²) in [4.78, 5) is 46.5. The third-order valence-electron chi connectivity index (χ3n) is 6.22. The number of carbonyl (C=O) groups excluding carboxylic acids is 3. The monoisotopic (exact) mass is 465 g/mol. The fourth-order valence-corrected chi connectivity index (χ4v) is 4.66. The molecule has 1 N–H and O–H groups in total. The lowest BCUT2D eigenvalue weighted by Gasteiger charge is -2.41. The highest BCUT2D eigenvalue weighted by Crippen LogP contribution is 2.29. The van der Waals surface area contributed by atoms with Gasteiger partial charge in [-0.15, -0.1) is 0 Å². The number of nitrogens with zero attached hydrogens (tertiary/aromatic N) is 4. The van der Waals surface area contributed by atoms with Gasteiger partial charge in [-0.3, -0.25) is 9.59 Å². The van der Waals surface area contributed by atoms with Crippen LogP contribution in [0.3, 0.4) is 0 Å². The molecular weight excluding hydrogens is 426 g/mol. The lowest BCUT2D eigenvalue weighted by atomic mass is 9.95. The summed E-state index contributed by atoms with van der Waals surface area (Å²) in [6, 6.07) is -0.793. The minimum Gasteiger partial charge on any atom is -0.444 e. The van der Waals surface area contributed by atoms with Gasteiger partial charge in [-0.05, 0) is 54.4 Å². The Morgan fingerprint density at radius 2 is 1.79 bits per heavy atom. The number of alkyl carbamates (subject to hydrolysis) is 1. The highest BCUT2D eigenvalue weighted by molar-refractivity contribution is 5.95. The summed E-state index contributed by atoms with van der Waals surface area (Å²) in [5.74, 6) is -0.137. The molecule has 3 aliphatic heterocycles. The number of rotatable bonds is 6. The van der Waals surface area contributed by atoms with E-state index in [0.717, 1.165) is 12.4 Å². The summed E-state index contributed by atoms with van der Waals surface area (Å²) in [6.07, 6.45) is 2.64. The molecule has 10 nitrogen and oxygen atoms in total. The minimum atomic E-state index is -0.909. The highest BCUT2D eigenvalue weighted by Gasteiger charge is 2.44. The first kappa shape index (κ1) is 25.1. The van der Waals surface area contributed by atoms with Crippen LogP contribution in [0.15, 0.2) is 11.9 Å². The minimum absolute atomic E-state index is 0.0612. The normalized spacial score (nSPS) is 20.7. The Bertz CT molecular complexity index is 798. The number of fused-ring (bicyclic) bond motifs is 1. The average Bonchev–Trinajstić information content (AvgIpc) is 3.21. The van der Waals surface area contributed by atoms with Gasteiger partial charge in [0.1, 0.15) is 17.3 Å². The molecule has 186 valence electrons. The zero-order chi connectivity index (χ0) is 24.6. The van der Waals surface area contributed by atoms with Crippen LogP contribution < -0.4 is 5.32 Å². The Kier molecular flexibility index (Phi) is 7.16. The van der Waals surface area contributed by atoms with E-state index in [1.165, 1.54) is 0 Å². The molecule has 1 unspecified atom stereocenters. The van der Waals surface area contributed by atoms with Crippen molar-refractivity contribution in [3.63, 3.8) is 0 Å². The molecule has 3 rings (SSSR count). The molecule has 3 amide bonds. The van der Waals surface area contributed by atoms with Crippen LogP contribution in [0.2, 0.25) is 0 Å². The van der Waals surface area contributed by atoms with Gasteiger partial charge in [-0.2, -0.15) is 0 Å². The topological polar surface area (TPSA) is 94.7 Å². The number of nitrogens with one attached hydrogen (secondary N) is 1. The summed E-state index contributed by atoms with van der Waals surface area (Å²) < 4.78 is 11.2. The summed E-state index contributed by atoms with van der Waals surface area (Å²) in [6.45, 7) is 13.5. The molecule has 0 aromatic carbocycles. The first-order valence-corrected chi connectivity index (χ1v) is 11.7. The van der Waals surface area contributed by atoms with Crippen molar-refractivity contribution in [1.82, 2.24) is 24.9 Å². The van der Waals surface area contributed by atoms with E-state index in [1.54, 1.807) is 39.5 Å². The first-order valence-electron chi connectivity index (χ1n) is 11.7. The molecule has 0 aliphatic carbocycles. The van der Waals surface area contributed by atoms with Gasteiger partial charge in [-0.25, -0.2) is 4.79 Å². The summed E-state index contributed by atoms with van der Waals surface area (Å²) in [5.41, 5.74) is -0.837. The maximum absolute atomic E-state index is 13.5. The van der Waals surface area contributed by atoms with Crippen molar-refractivity contribution in [2.24, 2.45) is 0 Å². The Balaban J connectivity index is 1.64. The third-order valence-corrected chi connectivity index (χ3v) is 6.22. The third kappa shape index (κ3) is 5.72. The molecule has 0 saturated carbocycles. The number of ether oxygens (including phenoxy) is 2. The zero-order valence-corrected chi connectivity index (χ0v) is 21.0. The molecule has 0 aromatic heterocycles. The fraction of sp³-hybridized carbons (Fsp3) is 0.783. The van der Waals surface area contributed by atoms with Gasteiger partial charge in [0.25, 0.3) is 5.91 Å². The maximum atomic E-state index is 13.5. The Morgan fingerprint density at radius 3 is 2.33 bits per heavy atom. The van der Waals surface area contributed by atoms with E-state index in [1.807, 2.05) is 30.0 Å². The molecular formula is C23H39N5O5. The first-order chi connectivity index (χ1) is 15.3. The van der Waals surface area contributed by atoms with Crippen molar-refractivity contribution >= 4 is 17.9 Å². The van der Waals surface area contributed by atoms with E-state index >= 15 is 0 Å². The van der Waals surface area contributed by atoms with Crippen molar-refractivity contribution in [2.75, 3.05) is 40.1 Å². The quantitative estimate of drug-likeness (QED) is 0.636. The van der Waals surface area contributed by atoms with E-state index < -0.39 is 23.3 Å². The van der Waals surface area contributed by atoms with E-state index in [9.17, 15) is 14.4 Å². The van der Waals surface area contributed by atoms with Crippen LogP contribution in [-0.2, 0) is 19.1 Å². The second-order valence-corrected chi connectivity index (χ2v) is 10.5. The Morgan fingerprint density at radius 1 is 1.15 bits per heavy atom. The van der Waals surface area contributed by atoms with Crippen LogP contribution in [-0.4, -0.2) is 101 Å². The van der Waals surface area contributed by atoms with Crippen molar-refractivity contribution < 1.29 is 23.9 Å². The summed E-state index contributed by atoms with van der Waals surface area (Å²) >= 11 is 0. The number of hydrogen-bond donors (Lipinski definition) is 1. The molecule has 0 aromatic rings. The highest BCUT2D eigenvalue weighted by atomic mass is 16.6. The molecule has 3 aliphatic rings. The molecule has 1 atom stereocenters. The summed E-state index contributed by atoms with van der Waals surface area (Å²) in [7, 11) is 1.96. The van der Waals surface area contributed by atoms with E-state index in [0.29, 0.717) is 39.2 Å². The van der Waals surface area contributed by atoms with Crippen molar-refractivity contribution in [1.29, 1.82) is 0 Å². The largest absolute Gasteiger partial charge is 0.444 e. The average molecular weight is 466 g/mol. The van der Waals surface area contributed by atoms with Gasteiger partial charge < -0.3 is 34.4 Å². The van der Waals surface area contributed by atoms with Gasteiger partial charge in [0.2, 0.25) is 5.91 Å². The van der Waals surface area contributed by atoms with Gasteiger partial charge in [-0.1, -0.05) is 0 Å². The molecule has 0 spiro atoms. The molecule has 33 heavy (non-hydrogen) atoms. The van der Waals surface area contributed by atoms with Crippen LogP contribution in [0.5, 0.6) is 0 Å². The van der Waals surface area contributed by atoms with Crippen LogP contribution in [0.1, 0.15) is 54.4 Å². The van der Waals surface area contributed by atoms with Gasteiger partial charge in [0.05, 0.1) is 18.9 Å². The van der Waals surface area contributed by atoms with Crippen molar-refractivity contribution in [2.45, 2.75) is 77.7 Å². The summed E-state index contributed by atoms with van der Waals surface area (Å²) in [5, 5.41) is 2.74. The molecule has 10 heteroatoms. The number of carbonyl (C=O) groups is 3. The lowest BCUT2D eigenvalue weighted by Crippen LogP contribution is -2.61. The number of amides is 3. The molecule has 0 bridgehead atoms. The molecule has 2 saturated heterocycles.